The number of benzene rings is 1. The SMILES string of the molecule is C=C(C)CS(=O)(=O)O.N=C(N)SCc1ccccc1. The fourth-order valence-electron chi connectivity index (χ4n) is 1.05. The topological polar surface area (TPSA) is 104 Å². The third-order valence-corrected chi connectivity index (χ3v) is 3.31. The quantitative estimate of drug-likeness (QED) is 0.342. The zero-order valence-electron chi connectivity index (χ0n) is 10.7. The lowest BCUT2D eigenvalue weighted by atomic mass is 10.2. The monoisotopic (exact) mass is 302 g/mol. The van der Waals surface area contributed by atoms with Crippen molar-refractivity contribution in [2.24, 2.45) is 5.73 Å². The van der Waals surface area contributed by atoms with E-state index in [1.165, 1.54) is 24.2 Å². The summed E-state index contributed by atoms with van der Waals surface area (Å²) in [6.45, 7) is 4.84. The van der Waals surface area contributed by atoms with Crippen LogP contribution in [0.2, 0.25) is 0 Å². The lowest BCUT2D eigenvalue weighted by Crippen LogP contribution is -2.03. The van der Waals surface area contributed by atoms with Crippen LogP contribution in [-0.2, 0) is 15.9 Å². The second-order valence-corrected chi connectivity index (χ2v) is 6.29. The molecule has 0 unspecified atom stereocenters. The largest absolute Gasteiger partial charge is 0.379 e. The molecule has 1 aromatic rings. The maximum absolute atomic E-state index is 9.94. The summed E-state index contributed by atoms with van der Waals surface area (Å²) in [5, 5.41) is 7.16. The molecule has 7 heteroatoms. The average molecular weight is 302 g/mol. The van der Waals surface area contributed by atoms with Gasteiger partial charge in [0.05, 0.1) is 5.75 Å². The molecule has 1 rings (SSSR count). The summed E-state index contributed by atoms with van der Waals surface area (Å²) in [7, 11) is -3.82. The molecule has 0 aliphatic rings. The summed E-state index contributed by atoms with van der Waals surface area (Å²) in [6, 6.07) is 9.99. The Kier molecular flexibility index (Phi) is 8.13. The maximum Gasteiger partial charge on any atom is 0.268 e. The summed E-state index contributed by atoms with van der Waals surface area (Å²) in [4.78, 5) is 0. The predicted octanol–water partition coefficient (Wildman–Crippen LogP) is 2.26. The number of hydrogen-bond acceptors (Lipinski definition) is 4. The van der Waals surface area contributed by atoms with Gasteiger partial charge in [-0.25, -0.2) is 0 Å². The van der Waals surface area contributed by atoms with Crippen molar-refractivity contribution in [3.63, 3.8) is 0 Å². The smallest absolute Gasteiger partial charge is 0.268 e. The van der Waals surface area contributed by atoms with Crippen molar-refractivity contribution in [3.8, 4) is 0 Å². The van der Waals surface area contributed by atoms with Gasteiger partial charge in [-0.3, -0.25) is 9.96 Å². The lowest BCUT2D eigenvalue weighted by molar-refractivity contribution is 0.486. The Morgan fingerprint density at radius 1 is 1.42 bits per heavy atom. The summed E-state index contributed by atoms with van der Waals surface area (Å²) < 4.78 is 28.0. The molecular formula is C12H18N2O3S2. The van der Waals surface area contributed by atoms with E-state index in [0.717, 1.165) is 5.75 Å². The molecule has 0 radical (unpaired) electrons. The summed E-state index contributed by atoms with van der Waals surface area (Å²) in [5.74, 6) is 0.448. The highest BCUT2D eigenvalue weighted by Gasteiger charge is 2.01. The van der Waals surface area contributed by atoms with Crippen molar-refractivity contribution in [1.29, 1.82) is 5.41 Å². The van der Waals surface area contributed by atoms with E-state index in [2.05, 4.69) is 6.58 Å². The Hall–Kier alpha value is -1.31. The van der Waals surface area contributed by atoms with Gasteiger partial charge in [0.2, 0.25) is 0 Å². The van der Waals surface area contributed by atoms with Gasteiger partial charge in [0, 0.05) is 5.75 Å². The highest BCUT2D eigenvalue weighted by atomic mass is 32.2. The molecule has 0 aliphatic heterocycles. The van der Waals surface area contributed by atoms with E-state index in [4.69, 9.17) is 15.7 Å². The molecule has 0 amide bonds. The van der Waals surface area contributed by atoms with E-state index < -0.39 is 10.1 Å². The Morgan fingerprint density at radius 2 is 1.95 bits per heavy atom. The Labute approximate surface area is 118 Å². The third kappa shape index (κ3) is 12.9. The normalized spacial score (nSPS) is 10.2. The molecule has 0 aromatic heterocycles. The molecule has 0 heterocycles. The number of nitrogens with one attached hydrogen (secondary N) is 1. The van der Waals surface area contributed by atoms with Crippen molar-refractivity contribution < 1.29 is 13.0 Å². The molecule has 0 aliphatic carbocycles. The van der Waals surface area contributed by atoms with Crippen LogP contribution < -0.4 is 5.73 Å². The first-order valence-corrected chi connectivity index (χ1v) is 7.90. The van der Waals surface area contributed by atoms with E-state index in [1.54, 1.807) is 0 Å². The van der Waals surface area contributed by atoms with Crippen LogP contribution in [-0.4, -0.2) is 23.9 Å². The first-order chi connectivity index (χ1) is 8.70. The van der Waals surface area contributed by atoms with Crippen molar-refractivity contribution in [2.45, 2.75) is 12.7 Å². The highest BCUT2D eigenvalue weighted by molar-refractivity contribution is 8.13. The van der Waals surface area contributed by atoms with Gasteiger partial charge in [0.25, 0.3) is 10.1 Å². The zero-order valence-corrected chi connectivity index (χ0v) is 12.3. The predicted molar refractivity (Wildman–Crippen MR) is 80.9 cm³/mol. The van der Waals surface area contributed by atoms with Crippen LogP contribution in [0.3, 0.4) is 0 Å². The van der Waals surface area contributed by atoms with E-state index in [9.17, 15) is 8.42 Å². The van der Waals surface area contributed by atoms with Gasteiger partial charge in [-0.15, -0.1) is 0 Å². The van der Waals surface area contributed by atoms with Gasteiger partial charge >= 0.3 is 0 Å². The minimum Gasteiger partial charge on any atom is -0.379 e. The second kappa shape index (κ2) is 8.73. The van der Waals surface area contributed by atoms with Crippen LogP contribution in [0.15, 0.2) is 42.5 Å². The molecule has 1 aromatic carbocycles. The third-order valence-electron chi connectivity index (χ3n) is 1.67. The molecular weight excluding hydrogens is 284 g/mol. The van der Waals surface area contributed by atoms with Crippen molar-refractivity contribution in [3.05, 3.63) is 48.0 Å². The molecule has 0 atom stereocenters. The van der Waals surface area contributed by atoms with Gasteiger partial charge in [-0.05, 0) is 12.5 Å². The maximum atomic E-state index is 9.94. The van der Waals surface area contributed by atoms with E-state index in [-0.39, 0.29) is 10.9 Å². The van der Waals surface area contributed by atoms with Crippen molar-refractivity contribution in [1.82, 2.24) is 0 Å². The molecule has 0 saturated heterocycles. The first kappa shape index (κ1) is 17.7. The van der Waals surface area contributed by atoms with Crippen molar-refractivity contribution >= 4 is 27.0 Å². The van der Waals surface area contributed by atoms with Crippen LogP contribution in [0.25, 0.3) is 0 Å². The highest BCUT2D eigenvalue weighted by Crippen LogP contribution is 2.09. The molecule has 106 valence electrons. The van der Waals surface area contributed by atoms with Crippen LogP contribution in [0.5, 0.6) is 0 Å². The minimum absolute atomic E-state index is 0.175. The van der Waals surface area contributed by atoms with Crippen LogP contribution in [0, 0.1) is 5.41 Å². The van der Waals surface area contributed by atoms with Crippen LogP contribution >= 0.6 is 11.8 Å². The van der Waals surface area contributed by atoms with Crippen LogP contribution in [0.1, 0.15) is 12.5 Å². The number of thioether (sulfide) groups is 1. The van der Waals surface area contributed by atoms with Crippen molar-refractivity contribution in [2.75, 3.05) is 5.75 Å². The first-order valence-electron chi connectivity index (χ1n) is 5.31. The molecule has 0 spiro atoms. The number of rotatable bonds is 4. The minimum atomic E-state index is -3.82. The molecule has 0 bridgehead atoms. The Balaban J connectivity index is 0.000000362. The van der Waals surface area contributed by atoms with E-state index in [1.807, 2.05) is 30.3 Å². The van der Waals surface area contributed by atoms with Crippen LogP contribution in [0.4, 0.5) is 0 Å². The summed E-state index contributed by atoms with van der Waals surface area (Å²) in [6.07, 6.45) is 0. The fraction of sp³-hybridized carbons (Fsp3) is 0.250. The standard InChI is InChI=1S/C8H10N2S.C4H8O3S/c9-8(10)11-6-7-4-2-1-3-5-7;1-4(2)3-8(5,6)7/h1-5H,6H2,(H3,9,10);1,3H2,2H3,(H,5,6,7). The molecule has 0 fully saturated rings. The molecule has 0 saturated carbocycles. The number of nitrogens with two attached hydrogens (primary N) is 1. The molecule has 5 nitrogen and oxygen atoms in total. The molecule has 4 N–H and O–H groups in total. The number of amidine groups is 1. The Morgan fingerprint density at radius 3 is 2.26 bits per heavy atom. The van der Waals surface area contributed by atoms with Gasteiger partial charge in [0.15, 0.2) is 5.17 Å². The zero-order chi connectivity index (χ0) is 14.9. The van der Waals surface area contributed by atoms with Gasteiger partial charge in [0.1, 0.15) is 0 Å². The average Bonchev–Trinajstić information content (AvgIpc) is 2.25. The van der Waals surface area contributed by atoms with Gasteiger partial charge in [-0.1, -0.05) is 54.2 Å². The Bertz CT molecular complexity index is 513. The molecule has 19 heavy (non-hydrogen) atoms. The lowest BCUT2D eigenvalue weighted by Gasteiger charge is -1.97. The summed E-state index contributed by atoms with van der Waals surface area (Å²) >= 11 is 1.35. The van der Waals surface area contributed by atoms with E-state index in [0.29, 0.717) is 5.57 Å². The fourth-order valence-corrected chi connectivity index (χ4v) is 2.18. The second-order valence-electron chi connectivity index (χ2n) is 3.82. The summed E-state index contributed by atoms with van der Waals surface area (Å²) in [5.41, 5.74) is 6.83. The van der Waals surface area contributed by atoms with Gasteiger partial charge in [-0.2, -0.15) is 8.42 Å². The number of hydrogen-bond donors (Lipinski definition) is 3. The van der Waals surface area contributed by atoms with Gasteiger partial charge < -0.3 is 5.73 Å². The van der Waals surface area contributed by atoms with E-state index >= 15 is 0 Å².